The van der Waals surface area contributed by atoms with E-state index in [0.717, 1.165) is 24.2 Å². The Kier molecular flexibility index (Phi) is 14.8. The molecule has 0 rings (SSSR count). The van der Waals surface area contributed by atoms with Gasteiger partial charge >= 0.3 is 5.97 Å². The summed E-state index contributed by atoms with van der Waals surface area (Å²) in [6, 6.07) is 0. The first kappa shape index (κ1) is 25.2. The Morgan fingerprint density at radius 2 is 1.31 bits per heavy atom. The van der Waals surface area contributed by atoms with Crippen molar-refractivity contribution < 1.29 is 9.53 Å². The summed E-state index contributed by atoms with van der Waals surface area (Å²) in [6.07, 6.45) is 14.0. The Morgan fingerprint density at radius 1 is 0.808 bits per heavy atom. The van der Waals surface area contributed by atoms with E-state index in [1.54, 1.807) is 0 Å². The third-order valence-corrected chi connectivity index (χ3v) is 5.27. The van der Waals surface area contributed by atoms with Crippen molar-refractivity contribution in [1.29, 1.82) is 0 Å². The van der Waals surface area contributed by atoms with Crippen LogP contribution in [0.25, 0.3) is 0 Å². The second-order valence-corrected chi connectivity index (χ2v) is 9.19. The summed E-state index contributed by atoms with van der Waals surface area (Å²) in [6.45, 7) is 15.8. The number of carbonyl (C=O) groups excluding carboxylic acids is 1. The number of hydrogen-bond acceptors (Lipinski definition) is 2. The number of hydrogen-bond donors (Lipinski definition) is 0. The van der Waals surface area contributed by atoms with E-state index in [9.17, 15) is 4.79 Å². The first-order chi connectivity index (χ1) is 12.2. The molecule has 2 heteroatoms. The standard InChI is InChI=1S/C24H46O2/c1-19(2)11-8-12-21(5)13-9-14-22(6)15-10-16-23(7)17-18-26-24(25)20(3)4/h17,19-22H,8-16,18H2,1-7H3/b23-17+. The van der Waals surface area contributed by atoms with Crippen LogP contribution in [0.5, 0.6) is 0 Å². The van der Waals surface area contributed by atoms with Crippen molar-refractivity contribution in [1.82, 2.24) is 0 Å². The molecule has 2 atom stereocenters. The molecule has 0 aliphatic heterocycles. The van der Waals surface area contributed by atoms with Crippen LogP contribution in [-0.4, -0.2) is 12.6 Å². The quantitative estimate of drug-likeness (QED) is 0.221. The largest absolute Gasteiger partial charge is 0.461 e. The van der Waals surface area contributed by atoms with Crippen molar-refractivity contribution in [3.8, 4) is 0 Å². The molecule has 0 aromatic heterocycles. The van der Waals surface area contributed by atoms with Crippen molar-refractivity contribution in [3.63, 3.8) is 0 Å². The second kappa shape index (κ2) is 15.3. The maximum absolute atomic E-state index is 11.4. The lowest BCUT2D eigenvalue weighted by Gasteiger charge is -2.15. The Labute approximate surface area is 164 Å². The average Bonchev–Trinajstić information content (AvgIpc) is 2.54. The normalized spacial score (nSPS) is 14.7. The average molecular weight is 367 g/mol. The first-order valence-corrected chi connectivity index (χ1v) is 11.0. The van der Waals surface area contributed by atoms with E-state index in [2.05, 4.69) is 40.7 Å². The van der Waals surface area contributed by atoms with Gasteiger partial charge in [-0.05, 0) is 43.6 Å². The van der Waals surface area contributed by atoms with E-state index in [0.29, 0.717) is 6.61 Å². The summed E-state index contributed by atoms with van der Waals surface area (Å²) < 4.78 is 5.20. The minimum atomic E-state index is -0.110. The van der Waals surface area contributed by atoms with Crippen LogP contribution in [0.3, 0.4) is 0 Å². The van der Waals surface area contributed by atoms with Gasteiger partial charge < -0.3 is 4.74 Å². The van der Waals surface area contributed by atoms with Gasteiger partial charge in [0.1, 0.15) is 6.61 Å². The summed E-state index contributed by atoms with van der Waals surface area (Å²) in [4.78, 5) is 11.4. The molecule has 0 N–H and O–H groups in total. The van der Waals surface area contributed by atoms with Crippen molar-refractivity contribution in [2.24, 2.45) is 23.7 Å². The molecule has 0 radical (unpaired) electrons. The summed E-state index contributed by atoms with van der Waals surface area (Å²) in [5.74, 6) is 2.41. The minimum absolute atomic E-state index is 0.0394. The second-order valence-electron chi connectivity index (χ2n) is 9.19. The maximum Gasteiger partial charge on any atom is 0.308 e. The van der Waals surface area contributed by atoms with Crippen LogP contribution in [0, 0.1) is 23.7 Å². The fraction of sp³-hybridized carbons (Fsp3) is 0.875. The van der Waals surface area contributed by atoms with Gasteiger partial charge in [-0.25, -0.2) is 0 Å². The molecular formula is C24H46O2. The topological polar surface area (TPSA) is 26.3 Å². The number of carbonyl (C=O) groups is 1. The van der Waals surface area contributed by atoms with E-state index in [4.69, 9.17) is 4.74 Å². The third kappa shape index (κ3) is 15.5. The third-order valence-electron chi connectivity index (χ3n) is 5.27. The lowest BCUT2D eigenvalue weighted by Crippen LogP contribution is -2.11. The number of allylic oxidation sites excluding steroid dienone is 1. The highest BCUT2D eigenvalue weighted by molar-refractivity contribution is 5.71. The van der Waals surface area contributed by atoms with E-state index in [-0.39, 0.29) is 11.9 Å². The fourth-order valence-corrected chi connectivity index (χ4v) is 3.24. The van der Waals surface area contributed by atoms with Crippen LogP contribution < -0.4 is 0 Å². The summed E-state index contributed by atoms with van der Waals surface area (Å²) >= 11 is 0. The molecule has 154 valence electrons. The highest BCUT2D eigenvalue weighted by atomic mass is 16.5. The lowest BCUT2D eigenvalue weighted by molar-refractivity contribution is -0.146. The van der Waals surface area contributed by atoms with Crippen LogP contribution in [0.15, 0.2) is 11.6 Å². The maximum atomic E-state index is 11.4. The van der Waals surface area contributed by atoms with Crippen LogP contribution in [0.2, 0.25) is 0 Å². The highest BCUT2D eigenvalue weighted by Gasteiger charge is 2.08. The van der Waals surface area contributed by atoms with Gasteiger partial charge in [0.05, 0.1) is 5.92 Å². The summed E-state index contributed by atoms with van der Waals surface area (Å²) in [5, 5.41) is 0. The predicted octanol–water partition coefficient (Wildman–Crippen LogP) is 7.57. The molecule has 0 aliphatic rings. The van der Waals surface area contributed by atoms with E-state index < -0.39 is 0 Å². The SMILES string of the molecule is C/C(=C\COC(=O)C(C)C)CCCC(C)CCCC(C)CCCC(C)C. The molecule has 2 nitrogen and oxygen atoms in total. The molecule has 0 bridgehead atoms. The van der Waals surface area contributed by atoms with E-state index in [1.807, 2.05) is 13.8 Å². The molecule has 0 saturated heterocycles. The number of ether oxygens (including phenoxy) is 1. The Bertz CT molecular complexity index is 382. The Balaban J connectivity index is 3.69. The zero-order valence-electron chi connectivity index (χ0n) is 18.8. The Hall–Kier alpha value is -0.790. The van der Waals surface area contributed by atoms with E-state index in [1.165, 1.54) is 56.9 Å². The molecule has 0 aliphatic carbocycles. The van der Waals surface area contributed by atoms with Crippen LogP contribution in [-0.2, 0) is 9.53 Å². The molecule has 0 aromatic rings. The van der Waals surface area contributed by atoms with Crippen LogP contribution >= 0.6 is 0 Å². The number of esters is 1. The summed E-state index contributed by atoms with van der Waals surface area (Å²) in [7, 11) is 0. The van der Waals surface area contributed by atoms with Crippen molar-refractivity contribution in [3.05, 3.63) is 11.6 Å². The van der Waals surface area contributed by atoms with Gasteiger partial charge in [0.15, 0.2) is 0 Å². The zero-order valence-corrected chi connectivity index (χ0v) is 18.8. The monoisotopic (exact) mass is 366 g/mol. The number of rotatable bonds is 15. The summed E-state index contributed by atoms with van der Waals surface area (Å²) in [5.41, 5.74) is 1.34. The lowest BCUT2D eigenvalue weighted by atomic mass is 9.91. The molecule has 0 fully saturated rings. The molecule has 0 amide bonds. The van der Waals surface area contributed by atoms with Crippen LogP contribution in [0.1, 0.15) is 106 Å². The minimum Gasteiger partial charge on any atom is -0.461 e. The molecule has 0 saturated carbocycles. The molecule has 26 heavy (non-hydrogen) atoms. The Morgan fingerprint density at radius 3 is 1.81 bits per heavy atom. The van der Waals surface area contributed by atoms with Crippen LogP contribution in [0.4, 0.5) is 0 Å². The van der Waals surface area contributed by atoms with Gasteiger partial charge in [-0.3, -0.25) is 4.79 Å². The van der Waals surface area contributed by atoms with Crippen molar-refractivity contribution in [2.45, 2.75) is 106 Å². The van der Waals surface area contributed by atoms with Gasteiger partial charge in [0.25, 0.3) is 0 Å². The molecular weight excluding hydrogens is 320 g/mol. The molecule has 2 unspecified atom stereocenters. The smallest absolute Gasteiger partial charge is 0.308 e. The predicted molar refractivity (Wildman–Crippen MR) is 114 cm³/mol. The van der Waals surface area contributed by atoms with Crippen molar-refractivity contribution in [2.75, 3.05) is 6.61 Å². The highest BCUT2D eigenvalue weighted by Crippen LogP contribution is 2.22. The molecule has 0 spiro atoms. The molecule has 0 heterocycles. The van der Waals surface area contributed by atoms with Gasteiger partial charge in [-0.2, -0.15) is 0 Å². The zero-order chi connectivity index (χ0) is 19.9. The van der Waals surface area contributed by atoms with Gasteiger partial charge in [-0.1, -0.05) is 92.1 Å². The van der Waals surface area contributed by atoms with Gasteiger partial charge in [0.2, 0.25) is 0 Å². The molecule has 0 aromatic carbocycles. The first-order valence-electron chi connectivity index (χ1n) is 11.0. The van der Waals surface area contributed by atoms with Crippen molar-refractivity contribution >= 4 is 5.97 Å². The fourth-order valence-electron chi connectivity index (χ4n) is 3.24. The van der Waals surface area contributed by atoms with Gasteiger partial charge in [-0.15, -0.1) is 0 Å². The van der Waals surface area contributed by atoms with Gasteiger partial charge in [0, 0.05) is 0 Å². The van der Waals surface area contributed by atoms with E-state index >= 15 is 0 Å².